The summed E-state index contributed by atoms with van der Waals surface area (Å²) in [7, 11) is 0. The topological polar surface area (TPSA) is 63.6 Å². The Morgan fingerprint density at radius 2 is 1.88 bits per heavy atom. The van der Waals surface area contributed by atoms with Gasteiger partial charge in [-0.3, -0.25) is 9.59 Å². The summed E-state index contributed by atoms with van der Waals surface area (Å²) in [6, 6.07) is 1.41. The van der Waals surface area contributed by atoms with Crippen LogP contribution in [0.25, 0.3) is 0 Å². The maximum absolute atomic E-state index is 11.5. The maximum Gasteiger partial charge on any atom is 0.163 e. The average molecular weight is 234 g/mol. The van der Waals surface area contributed by atoms with Crippen LogP contribution in [-0.4, -0.2) is 22.8 Å². The van der Waals surface area contributed by atoms with Crippen LogP contribution in [0.2, 0.25) is 0 Å². The van der Waals surface area contributed by atoms with E-state index in [4.69, 9.17) is 4.74 Å². The van der Waals surface area contributed by atoms with Crippen LogP contribution >= 0.6 is 0 Å². The van der Waals surface area contributed by atoms with Crippen molar-refractivity contribution in [3.8, 4) is 11.5 Å². The van der Waals surface area contributed by atoms with Gasteiger partial charge in [0, 0.05) is 12.0 Å². The number of fused-ring (bicyclic) bond motifs is 1. The van der Waals surface area contributed by atoms with Crippen molar-refractivity contribution >= 4 is 11.6 Å². The Morgan fingerprint density at radius 1 is 1.29 bits per heavy atom. The Kier molecular flexibility index (Phi) is 2.65. The lowest BCUT2D eigenvalue weighted by Crippen LogP contribution is -2.06. The summed E-state index contributed by atoms with van der Waals surface area (Å²) in [6.07, 6.45) is 0.430. The Balaban J connectivity index is 2.71. The van der Waals surface area contributed by atoms with E-state index in [9.17, 15) is 14.7 Å². The quantitative estimate of drug-likeness (QED) is 0.796. The van der Waals surface area contributed by atoms with E-state index in [0.29, 0.717) is 23.3 Å². The molecule has 1 N–H and O–H groups in total. The largest absolute Gasteiger partial charge is 0.507 e. The molecule has 0 amide bonds. The zero-order chi connectivity index (χ0) is 12.7. The van der Waals surface area contributed by atoms with Gasteiger partial charge in [0.05, 0.1) is 11.1 Å². The summed E-state index contributed by atoms with van der Waals surface area (Å²) in [6.45, 7) is 4.64. The molecule has 1 unspecified atom stereocenters. The second-order valence-corrected chi connectivity index (χ2v) is 4.37. The van der Waals surface area contributed by atoms with Crippen LogP contribution in [0.1, 0.15) is 47.1 Å². The number of ketones is 2. The second kappa shape index (κ2) is 3.87. The number of Topliss-reactive ketones (excluding diaryl/α,β-unsaturated/α-hetero) is 2. The number of benzene rings is 1. The van der Waals surface area contributed by atoms with Gasteiger partial charge in [0.25, 0.3) is 0 Å². The molecular formula is C13H14O4. The van der Waals surface area contributed by atoms with Gasteiger partial charge in [0.1, 0.15) is 17.6 Å². The van der Waals surface area contributed by atoms with Gasteiger partial charge >= 0.3 is 0 Å². The highest BCUT2D eigenvalue weighted by Crippen LogP contribution is 2.41. The minimum absolute atomic E-state index is 0.0538. The summed E-state index contributed by atoms with van der Waals surface area (Å²) in [5.74, 6) is -0.0560. The molecule has 0 saturated heterocycles. The molecule has 1 aliphatic rings. The second-order valence-electron chi connectivity index (χ2n) is 4.37. The van der Waals surface area contributed by atoms with Gasteiger partial charge < -0.3 is 9.84 Å². The smallest absolute Gasteiger partial charge is 0.163 e. The molecule has 1 atom stereocenters. The number of phenols is 1. The number of rotatable bonds is 2. The highest BCUT2D eigenvalue weighted by Gasteiger charge is 2.29. The first-order valence-corrected chi connectivity index (χ1v) is 5.49. The van der Waals surface area contributed by atoms with E-state index in [0.717, 1.165) is 0 Å². The van der Waals surface area contributed by atoms with Crippen molar-refractivity contribution in [2.75, 3.05) is 0 Å². The number of hydrogen-bond donors (Lipinski definition) is 1. The molecule has 0 radical (unpaired) electrons. The zero-order valence-corrected chi connectivity index (χ0v) is 10.0. The van der Waals surface area contributed by atoms with E-state index in [1.165, 1.54) is 19.9 Å². The molecule has 0 aromatic heterocycles. The van der Waals surface area contributed by atoms with E-state index in [1.807, 2.05) is 6.92 Å². The summed E-state index contributed by atoms with van der Waals surface area (Å²) < 4.78 is 5.52. The van der Waals surface area contributed by atoms with Gasteiger partial charge in [-0.25, -0.2) is 0 Å². The maximum atomic E-state index is 11.5. The van der Waals surface area contributed by atoms with Crippen molar-refractivity contribution in [1.29, 1.82) is 0 Å². The third-order valence-corrected chi connectivity index (χ3v) is 2.92. The van der Waals surface area contributed by atoms with Crippen LogP contribution in [-0.2, 0) is 6.42 Å². The fourth-order valence-corrected chi connectivity index (χ4v) is 2.10. The minimum atomic E-state index is -0.257. The molecule has 4 heteroatoms. The third-order valence-electron chi connectivity index (χ3n) is 2.92. The fourth-order valence-electron chi connectivity index (χ4n) is 2.10. The van der Waals surface area contributed by atoms with E-state index in [1.54, 1.807) is 0 Å². The molecule has 0 saturated carbocycles. The number of carbonyl (C=O) groups is 2. The van der Waals surface area contributed by atoms with Gasteiger partial charge in [0.2, 0.25) is 0 Å². The van der Waals surface area contributed by atoms with E-state index < -0.39 is 0 Å². The molecule has 1 heterocycles. The molecule has 2 rings (SSSR count). The Labute approximate surface area is 99.2 Å². The van der Waals surface area contributed by atoms with Crippen molar-refractivity contribution < 1.29 is 19.4 Å². The number of aromatic hydroxyl groups is 1. The normalized spacial score (nSPS) is 17.5. The summed E-state index contributed by atoms with van der Waals surface area (Å²) in [5.41, 5.74) is 1.12. The van der Waals surface area contributed by atoms with Crippen LogP contribution in [0.15, 0.2) is 6.07 Å². The highest BCUT2D eigenvalue weighted by molar-refractivity contribution is 6.04. The number of ether oxygens (including phenoxy) is 1. The molecule has 0 bridgehead atoms. The fraction of sp³-hybridized carbons (Fsp3) is 0.385. The minimum Gasteiger partial charge on any atom is -0.507 e. The molecule has 1 aromatic rings. The number of phenolic OH excluding ortho intramolecular Hbond substituents is 1. The van der Waals surface area contributed by atoms with Gasteiger partial charge in [-0.2, -0.15) is 0 Å². The van der Waals surface area contributed by atoms with Crippen molar-refractivity contribution in [3.63, 3.8) is 0 Å². The molecule has 4 nitrogen and oxygen atoms in total. The lowest BCUT2D eigenvalue weighted by atomic mass is 9.97. The van der Waals surface area contributed by atoms with Crippen LogP contribution < -0.4 is 4.74 Å². The van der Waals surface area contributed by atoms with Crippen molar-refractivity contribution in [2.24, 2.45) is 0 Å². The van der Waals surface area contributed by atoms with Gasteiger partial charge in [0.15, 0.2) is 11.6 Å². The number of carbonyl (C=O) groups excluding carboxylic acids is 2. The molecule has 1 aliphatic heterocycles. The summed E-state index contributed by atoms with van der Waals surface area (Å²) in [5, 5.41) is 9.99. The first-order chi connectivity index (χ1) is 7.91. The van der Waals surface area contributed by atoms with E-state index in [-0.39, 0.29) is 29.0 Å². The van der Waals surface area contributed by atoms with Crippen molar-refractivity contribution in [1.82, 2.24) is 0 Å². The first-order valence-electron chi connectivity index (χ1n) is 5.49. The van der Waals surface area contributed by atoms with Crippen LogP contribution in [0.4, 0.5) is 0 Å². The molecule has 17 heavy (non-hydrogen) atoms. The predicted molar refractivity (Wildman–Crippen MR) is 61.9 cm³/mol. The average Bonchev–Trinajstić information content (AvgIpc) is 2.59. The molecule has 0 aliphatic carbocycles. The van der Waals surface area contributed by atoms with Gasteiger partial charge in [-0.05, 0) is 26.8 Å². The lowest BCUT2D eigenvalue weighted by molar-refractivity contribution is 0.101. The summed E-state index contributed by atoms with van der Waals surface area (Å²) >= 11 is 0. The Morgan fingerprint density at radius 3 is 2.41 bits per heavy atom. The van der Waals surface area contributed by atoms with E-state index in [2.05, 4.69) is 0 Å². The molecular weight excluding hydrogens is 220 g/mol. The molecule has 0 fully saturated rings. The molecule has 1 aromatic carbocycles. The van der Waals surface area contributed by atoms with Crippen LogP contribution in [0, 0.1) is 0 Å². The Hall–Kier alpha value is -1.84. The van der Waals surface area contributed by atoms with Crippen molar-refractivity contribution in [3.05, 3.63) is 22.8 Å². The third kappa shape index (κ3) is 1.79. The monoisotopic (exact) mass is 234 g/mol. The van der Waals surface area contributed by atoms with Crippen molar-refractivity contribution in [2.45, 2.75) is 33.3 Å². The molecule has 90 valence electrons. The number of hydrogen-bond acceptors (Lipinski definition) is 4. The summed E-state index contributed by atoms with van der Waals surface area (Å²) in [4.78, 5) is 22.9. The van der Waals surface area contributed by atoms with E-state index >= 15 is 0 Å². The highest BCUT2D eigenvalue weighted by atomic mass is 16.5. The molecule has 0 spiro atoms. The lowest BCUT2D eigenvalue weighted by Gasteiger charge is -2.10. The zero-order valence-electron chi connectivity index (χ0n) is 10.0. The SMILES string of the molecule is CC(=O)c1cc(C(C)=O)c2c(c1O)CC(C)O2. The van der Waals surface area contributed by atoms with Crippen LogP contribution in [0.5, 0.6) is 11.5 Å². The standard InChI is InChI=1S/C13H14O4/c1-6-4-11-12(16)9(7(2)14)5-10(8(3)15)13(11)17-6/h5-6,16H,4H2,1-3H3. The predicted octanol–water partition coefficient (Wildman–Crippen LogP) is 2.12. The van der Waals surface area contributed by atoms with Gasteiger partial charge in [-0.1, -0.05) is 0 Å². The first kappa shape index (κ1) is 11.6. The van der Waals surface area contributed by atoms with Crippen LogP contribution in [0.3, 0.4) is 0 Å². The Bertz CT molecular complexity index is 517. The van der Waals surface area contributed by atoms with Gasteiger partial charge in [-0.15, -0.1) is 0 Å².